The fourth-order valence-corrected chi connectivity index (χ4v) is 1.60. The average Bonchev–Trinajstić information content (AvgIpc) is 2.43. The molecule has 0 radical (unpaired) electrons. The third-order valence-electron chi connectivity index (χ3n) is 2.18. The molecule has 0 aliphatic heterocycles. The molecule has 0 aliphatic rings. The number of hydrogen-bond acceptors (Lipinski definition) is 3. The smallest absolute Gasteiger partial charge is 0.136 e. The number of fused-ring (bicyclic) bond motifs is 1. The molecule has 2 rings (SSSR count). The van der Waals surface area contributed by atoms with Crippen LogP contribution in [0.5, 0.6) is 0 Å². The molecule has 0 saturated heterocycles. The molecule has 4 heteroatoms. The molecule has 68 valence electrons. The lowest BCUT2D eigenvalue weighted by Crippen LogP contribution is -1.99. The highest BCUT2D eigenvalue weighted by Crippen LogP contribution is 2.13. The van der Waals surface area contributed by atoms with Crippen molar-refractivity contribution in [3.63, 3.8) is 0 Å². The van der Waals surface area contributed by atoms with Crippen LogP contribution in [0.25, 0.3) is 5.52 Å². The highest BCUT2D eigenvalue weighted by molar-refractivity contribution is 5.55. The molecule has 4 nitrogen and oxygen atoms in total. The van der Waals surface area contributed by atoms with E-state index in [1.165, 1.54) is 0 Å². The number of hydrogen-bond donors (Lipinski definition) is 0. The summed E-state index contributed by atoms with van der Waals surface area (Å²) in [7, 11) is 0. The number of nitrogens with zero attached hydrogens (tertiary/aromatic N) is 4. The van der Waals surface area contributed by atoms with Crippen molar-refractivity contribution < 1.29 is 0 Å². The summed E-state index contributed by atoms with van der Waals surface area (Å²) in [6, 6.07) is 0. The van der Waals surface area contributed by atoms with Gasteiger partial charge in [0.1, 0.15) is 17.7 Å². The zero-order valence-electron chi connectivity index (χ0n) is 8.07. The fraction of sp³-hybridized carbons (Fsp3) is 0.444. The van der Waals surface area contributed by atoms with Gasteiger partial charge in [-0.05, 0) is 20.3 Å². The van der Waals surface area contributed by atoms with Gasteiger partial charge in [-0.1, -0.05) is 6.92 Å². The third kappa shape index (κ3) is 1.09. The van der Waals surface area contributed by atoms with Gasteiger partial charge in [-0.25, -0.2) is 14.5 Å². The van der Waals surface area contributed by atoms with E-state index in [4.69, 9.17) is 0 Å². The fourth-order valence-electron chi connectivity index (χ4n) is 1.60. The van der Waals surface area contributed by atoms with E-state index in [9.17, 15) is 0 Å². The van der Waals surface area contributed by atoms with E-state index < -0.39 is 0 Å². The SMILES string of the molecule is CCc1ncnn2c(C)nc(C)c12. The predicted octanol–water partition coefficient (Wildman–Crippen LogP) is 1.30. The van der Waals surface area contributed by atoms with E-state index >= 15 is 0 Å². The first-order valence-electron chi connectivity index (χ1n) is 4.40. The Morgan fingerprint density at radius 3 is 2.85 bits per heavy atom. The van der Waals surface area contributed by atoms with Gasteiger partial charge in [0.05, 0.1) is 11.4 Å². The average molecular weight is 176 g/mol. The lowest BCUT2D eigenvalue weighted by Gasteiger charge is -1.99. The second-order valence-corrected chi connectivity index (χ2v) is 3.07. The molecule has 0 atom stereocenters. The molecule has 2 aromatic heterocycles. The van der Waals surface area contributed by atoms with Crippen LogP contribution in [0.3, 0.4) is 0 Å². The lowest BCUT2D eigenvalue weighted by atomic mass is 10.2. The van der Waals surface area contributed by atoms with Crippen LogP contribution in [0.2, 0.25) is 0 Å². The predicted molar refractivity (Wildman–Crippen MR) is 49.6 cm³/mol. The Morgan fingerprint density at radius 1 is 1.38 bits per heavy atom. The number of rotatable bonds is 1. The standard InChI is InChI=1S/C9H12N4/c1-4-8-9-6(2)12-7(3)13(9)11-5-10-8/h5H,4H2,1-3H3. The van der Waals surface area contributed by atoms with Gasteiger partial charge in [-0.15, -0.1) is 0 Å². The summed E-state index contributed by atoms with van der Waals surface area (Å²) in [5.74, 6) is 0.921. The van der Waals surface area contributed by atoms with E-state index in [0.29, 0.717) is 0 Å². The molecule has 0 aromatic carbocycles. The van der Waals surface area contributed by atoms with Gasteiger partial charge in [0.15, 0.2) is 0 Å². The monoisotopic (exact) mass is 176 g/mol. The van der Waals surface area contributed by atoms with Crippen LogP contribution in [0.15, 0.2) is 6.33 Å². The molecular formula is C9H12N4. The van der Waals surface area contributed by atoms with Crippen LogP contribution >= 0.6 is 0 Å². The minimum absolute atomic E-state index is 0.915. The molecule has 0 saturated carbocycles. The van der Waals surface area contributed by atoms with Gasteiger partial charge in [0.25, 0.3) is 0 Å². The minimum Gasteiger partial charge on any atom is -0.237 e. The minimum atomic E-state index is 0.915. The quantitative estimate of drug-likeness (QED) is 0.657. The molecule has 2 aromatic rings. The summed E-state index contributed by atoms with van der Waals surface area (Å²) in [5, 5.41) is 4.15. The van der Waals surface area contributed by atoms with Crippen molar-refractivity contribution in [1.82, 2.24) is 19.6 Å². The van der Waals surface area contributed by atoms with Crippen LogP contribution in [-0.4, -0.2) is 19.6 Å². The second-order valence-electron chi connectivity index (χ2n) is 3.07. The van der Waals surface area contributed by atoms with E-state index in [1.54, 1.807) is 6.33 Å². The Morgan fingerprint density at radius 2 is 2.15 bits per heavy atom. The summed E-state index contributed by atoms with van der Waals surface area (Å²) in [6.07, 6.45) is 2.50. The van der Waals surface area contributed by atoms with Crippen LogP contribution in [0.4, 0.5) is 0 Å². The number of aromatic nitrogens is 4. The molecular weight excluding hydrogens is 164 g/mol. The van der Waals surface area contributed by atoms with Gasteiger partial charge in [-0.3, -0.25) is 0 Å². The van der Waals surface area contributed by atoms with Crippen molar-refractivity contribution >= 4 is 5.52 Å². The van der Waals surface area contributed by atoms with Crippen molar-refractivity contribution in [2.75, 3.05) is 0 Å². The first kappa shape index (κ1) is 8.16. The van der Waals surface area contributed by atoms with Crippen molar-refractivity contribution in [3.8, 4) is 0 Å². The maximum atomic E-state index is 4.36. The summed E-state index contributed by atoms with van der Waals surface area (Å²) in [4.78, 5) is 8.59. The first-order valence-corrected chi connectivity index (χ1v) is 4.40. The highest BCUT2D eigenvalue weighted by atomic mass is 15.3. The summed E-state index contributed by atoms with van der Waals surface area (Å²) in [5.41, 5.74) is 3.13. The van der Waals surface area contributed by atoms with Gasteiger partial charge in [-0.2, -0.15) is 5.10 Å². The van der Waals surface area contributed by atoms with Gasteiger partial charge >= 0.3 is 0 Å². The zero-order chi connectivity index (χ0) is 9.42. The lowest BCUT2D eigenvalue weighted by molar-refractivity contribution is 0.829. The molecule has 0 aliphatic carbocycles. The van der Waals surface area contributed by atoms with Crippen LogP contribution < -0.4 is 0 Å². The molecule has 0 unspecified atom stereocenters. The molecule has 0 N–H and O–H groups in total. The van der Waals surface area contributed by atoms with Gasteiger partial charge < -0.3 is 0 Å². The maximum absolute atomic E-state index is 4.36. The maximum Gasteiger partial charge on any atom is 0.136 e. The first-order chi connectivity index (χ1) is 6.24. The van der Waals surface area contributed by atoms with E-state index in [1.807, 2.05) is 18.4 Å². The van der Waals surface area contributed by atoms with E-state index in [-0.39, 0.29) is 0 Å². The van der Waals surface area contributed by atoms with Crippen LogP contribution in [0.1, 0.15) is 24.1 Å². The zero-order valence-corrected chi connectivity index (χ0v) is 8.07. The Hall–Kier alpha value is -1.45. The molecule has 0 fully saturated rings. The molecule has 0 bridgehead atoms. The Labute approximate surface area is 76.6 Å². The van der Waals surface area contributed by atoms with E-state index in [0.717, 1.165) is 29.1 Å². The normalized spacial score (nSPS) is 11.0. The van der Waals surface area contributed by atoms with Gasteiger partial charge in [0, 0.05) is 0 Å². The van der Waals surface area contributed by atoms with Crippen molar-refractivity contribution in [3.05, 3.63) is 23.5 Å². The number of aryl methyl sites for hydroxylation is 3. The highest BCUT2D eigenvalue weighted by Gasteiger charge is 2.09. The van der Waals surface area contributed by atoms with Crippen LogP contribution in [-0.2, 0) is 6.42 Å². The Kier molecular flexibility index (Phi) is 1.76. The molecule has 13 heavy (non-hydrogen) atoms. The Bertz CT molecular complexity index is 444. The van der Waals surface area contributed by atoms with E-state index in [2.05, 4.69) is 22.0 Å². The summed E-state index contributed by atoms with van der Waals surface area (Å²) < 4.78 is 1.85. The van der Waals surface area contributed by atoms with Crippen LogP contribution in [0, 0.1) is 13.8 Å². The Balaban J connectivity index is 2.88. The van der Waals surface area contributed by atoms with Gasteiger partial charge in [0.2, 0.25) is 0 Å². The third-order valence-corrected chi connectivity index (χ3v) is 2.18. The number of imidazole rings is 1. The summed E-state index contributed by atoms with van der Waals surface area (Å²) >= 11 is 0. The van der Waals surface area contributed by atoms with Crippen molar-refractivity contribution in [1.29, 1.82) is 0 Å². The van der Waals surface area contributed by atoms with Crippen molar-refractivity contribution in [2.45, 2.75) is 27.2 Å². The largest absolute Gasteiger partial charge is 0.237 e. The molecule has 0 spiro atoms. The summed E-state index contributed by atoms with van der Waals surface area (Å²) in [6.45, 7) is 6.03. The molecule has 0 amide bonds. The second kappa shape index (κ2) is 2.80. The van der Waals surface area contributed by atoms with Crippen molar-refractivity contribution in [2.24, 2.45) is 0 Å². The topological polar surface area (TPSA) is 43.1 Å². The molecule has 2 heterocycles.